The summed E-state index contributed by atoms with van der Waals surface area (Å²) in [4.78, 5) is 11.4. The molecule has 3 N–H and O–H groups in total. The monoisotopic (exact) mass is 274 g/mol. The van der Waals surface area contributed by atoms with Gasteiger partial charge in [0, 0.05) is 31.7 Å². The number of nitrogens with two attached hydrogens (primary N) is 1. The van der Waals surface area contributed by atoms with Crippen LogP contribution in [0.4, 0.5) is 0 Å². The van der Waals surface area contributed by atoms with Crippen LogP contribution in [-0.4, -0.2) is 28.3 Å². The van der Waals surface area contributed by atoms with Gasteiger partial charge in [-0.05, 0) is 32.8 Å². The molecule has 18 heavy (non-hydrogen) atoms. The maximum Gasteiger partial charge on any atom is 0.221 e. The Balaban J connectivity index is 0.00000289. The Hall–Kier alpha value is -1.07. The minimum absolute atomic E-state index is 0. The van der Waals surface area contributed by atoms with E-state index in [0.29, 0.717) is 13.0 Å². The van der Waals surface area contributed by atoms with Gasteiger partial charge in [0.25, 0.3) is 0 Å². The molecular weight excluding hydrogens is 252 g/mol. The highest BCUT2D eigenvalue weighted by molar-refractivity contribution is 5.85. The second-order valence-corrected chi connectivity index (χ2v) is 4.55. The minimum atomic E-state index is -0.0862. The first-order valence-electron chi connectivity index (χ1n) is 5.93. The highest BCUT2D eigenvalue weighted by Crippen LogP contribution is 2.11. The van der Waals surface area contributed by atoms with Crippen molar-refractivity contribution in [2.45, 2.75) is 39.7 Å². The van der Waals surface area contributed by atoms with Gasteiger partial charge in [-0.25, -0.2) is 0 Å². The molecule has 1 unspecified atom stereocenters. The zero-order valence-corrected chi connectivity index (χ0v) is 12.3. The van der Waals surface area contributed by atoms with E-state index >= 15 is 0 Å². The van der Waals surface area contributed by atoms with Crippen molar-refractivity contribution in [3.05, 3.63) is 17.0 Å². The van der Waals surface area contributed by atoms with Gasteiger partial charge in [0.2, 0.25) is 5.91 Å². The predicted octanol–water partition coefficient (Wildman–Crippen LogP) is 0.855. The van der Waals surface area contributed by atoms with Crippen LogP contribution in [0, 0.1) is 13.8 Å². The largest absolute Gasteiger partial charge is 0.356 e. The fourth-order valence-corrected chi connectivity index (χ4v) is 1.87. The summed E-state index contributed by atoms with van der Waals surface area (Å²) in [5.41, 5.74) is 8.96. The van der Waals surface area contributed by atoms with Crippen molar-refractivity contribution in [2.24, 2.45) is 12.8 Å². The number of hydrogen-bond donors (Lipinski definition) is 2. The lowest BCUT2D eigenvalue weighted by molar-refractivity contribution is -0.121. The van der Waals surface area contributed by atoms with Crippen LogP contribution in [0.1, 0.15) is 30.3 Å². The Morgan fingerprint density at radius 2 is 2.11 bits per heavy atom. The van der Waals surface area contributed by atoms with Crippen molar-refractivity contribution in [2.75, 3.05) is 6.54 Å². The maximum atomic E-state index is 11.4. The first-order valence-corrected chi connectivity index (χ1v) is 5.93. The standard InChI is InChI=1S/C12H22N4O.ClH/c1-8(13)7-12(17)14-6-5-11-9(2)15-16(4)10(11)3;/h8H,5-7,13H2,1-4H3,(H,14,17);1H. The molecule has 0 aliphatic carbocycles. The molecule has 0 saturated heterocycles. The summed E-state index contributed by atoms with van der Waals surface area (Å²) in [5.74, 6) is 0.0131. The molecule has 104 valence electrons. The van der Waals surface area contributed by atoms with Crippen LogP contribution >= 0.6 is 12.4 Å². The van der Waals surface area contributed by atoms with Gasteiger partial charge < -0.3 is 11.1 Å². The number of carbonyl (C=O) groups is 1. The number of aromatic nitrogens is 2. The van der Waals surface area contributed by atoms with E-state index in [4.69, 9.17) is 5.73 Å². The minimum Gasteiger partial charge on any atom is -0.356 e. The Bertz CT molecular complexity index is 401. The molecule has 0 aliphatic rings. The molecule has 5 nitrogen and oxygen atoms in total. The molecule has 0 bridgehead atoms. The van der Waals surface area contributed by atoms with Crippen LogP contribution in [0.25, 0.3) is 0 Å². The van der Waals surface area contributed by atoms with Crippen molar-refractivity contribution in [1.29, 1.82) is 0 Å². The topological polar surface area (TPSA) is 72.9 Å². The van der Waals surface area contributed by atoms with E-state index in [1.807, 2.05) is 32.5 Å². The molecule has 1 amide bonds. The Labute approximate surface area is 115 Å². The normalized spacial score (nSPS) is 11.8. The summed E-state index contributed by atoms with van der Waals surface area (Å²) in [5, 5.41) is 7.21. The average Bonchev–Trinajstić information content (AvgIpc) is 2.43. The molecule has 0 spiro atoms. The number of amides is 1. The highest BCUT2D eigenvalue weighted by atomic mass is 35.5. The lowest BCUT2D eigenvalue weighted by atomic mass is 10.1. The first-order chi connectivity index (χ1) is 7.91. The van der Waals surface area contributed by atoms with Crippen LogP contribution < -0.4 is 11.1 Å². The molecule has 0 saturated carbocycles. The molecule has 0 aliphatic heterocycles. The van der Waals surface area contributed by atoms with Crippen molar-refractivity contribution in [3.8, 4) is 0 Å². The Kier molecular flexibility index (Phi) is 6.94. The second kappa shape index (κ2) is 7.38. The van der Waals surface area contributed by atoms with E-state index in [1.165, 1.54) is 5.56 Å². The summed E-state index contributed by atoms with van der Waals surface area (Å²) in [6.45, 7) is 6.50. The third-order valence-electron chi connectivity index (χ3n) is 2.86. The summed E-state index contributed by atoms with van der Waals surface area (Å²) in [6, 6.07) is -0.0862. The number of halogens is 1. The molecule has 0 radical (unpaired) electrons. The van der Waals surface area contributed by atoms with Gasteiger partial charge in [-0.15, -0.1) is 12.4 Å². The molecule has 0 fully saturated rings. The van der Waals surface area contributed by atoms with Gasteiger partial charge >= 0.3 is 0 Å². The smallest absolute Gasteiger partial charge is 0.221 e. The van der Waals surface area contributed by atoms with E-state index in [-0.39, 0.29) is 24.4 Å². The number of nitrogens with one attached hydrogen (secondary N) is 1. The van der Waals surface area contributed by atoms with Crippen molar-refractivity contribution in [3.63, 3.8) is 0 Å². The van der Waals surface area contributed by atoms with E-state index in [0.717, 1.165) is 17.8 Å². The van der Waals surface area contributed by atoms with Gasteiger partial charge in [-0.1, -0.05) is 0 Å². The zero-order chi connectivity index (χ0) is 13.0. The number of aryl methyl sites for hydroxylation is 2. The molecular formula is C12H23ClN4O. The number of nitrogens with zero attached hydrogens (tertiary/aromatic N) is 2. The van der Waals surface area contributed by atoms with Crippen LogP contribution in [0.3, 0.4) is 0 Å². The van der Waals surface area contributed by atoms with Gasteiger partial charge in [0.1, 0.15) is 0 Å². The predicted molar refractivity (Wildman–Crippen MR) is 74.9 cm³/mol. The molecule has 6 heteroatoms. The first kappa shape index (κ1) is 16.9. The van der Waals surface area contributed by atoms with Crippen LogP contribution in [0.5, 0.6) is 0 Å². The SMILES string of the molecule is Cc1nn(C)c(C)c1CCNC(=O)CC(C)N.Cl. The third kappa shape index (κ3) is 4.66. The zero-order valence-electron chi connectivity index (χ0n) is 11.5. The van der Waals surface area contributed by atoms with Gasteiger partial charge in [0.15, 0.2) is 0 Å². The summed E-state index contributed by atoms with van der Waals surface area (Å²) in [7, 11) is 1.93. The van der Waals surface area contributed by atoms with Gasteiger partial charge in [-0.3, -0.25) is 9.48 Å². The van der Waals surface area contributed by atoms with Crippen molar-refractivity contribution in [1.82, 2.24) is 15.1 Å². The number of rotatable bonds is 5. The van der Waals surface area contributed by atoms with E-state index in [9.17, 15) is 4.79 Å². The molecule has 1 aromatic heterocycles. The third-order valence-corrected chi connectivity index (χ3v) is 2.86. The number of hydrogen-bond acceptors (Lipinski definition) is 3. The molecule has 1 aromatic rings. The van der Waals surface area contributed by atoms with E-state index < -0.39 is 0 Å². The van der Waals surface area contributed by atoms with Crippen LogP contribution in [0.15, 0.2) is 0 Å². The quantitative estimate of drug-likeness (QED) is 0.836. The Morgan fingerprint density at radius 3 is 2.56 bits per heavy atom. The molecule has 1 heterocycles. The fraction of sp³-hybridized carbons (Fsp3) is 0.667. The Morgan fingerprint density at radius 1 is 1.50 bits per heavy atom. The molecule has 1 atom stereocenters. The lowest BCUT2D eigenvalue weighted by Crippen LogP contribution is -2.31. The fourth-order valence-electron chi connectivity index (χ4n) is 1.87. The summed E-state index contributed by atoms with van der Waals surface area (Å²) < 4.78 is 1.87. The number of carbonyl (C=O) groups excluding carboxylic acids is 1. The summed E-state index contributed by atoms with van der Waals surface area (Å²) in [6.07, 6.45) is 1.20. The molecule has 0 aromatic carbocycles. The maximum absolute atomic E-state index is 11.4. The van der Waals surface area contributed by atoms with Gasteiger partial charge in [-0.2, -0.15) is 5.10 Å². The van der Waals surface area contributed by atoms with Crippen LogP contribution in [0.2, 0.25) is 0 Å². The molecule has 1 rings (SSSR count). The lowest BCUT2D eigenvalue weighted by Gasteiger charge is -2.07. The van der Waals surface area contributed by atoms with Crippen LogP contribution in [-0.2, 0) is 18.3 Å². The van der Waals surface area contributed by atoms with E-state index in [1.54, 1.807) is 0 Å². The van der Waals surface area contributed by atoms with Gasteiger partial charge in [0.05, 0.1) is 5.69 Å². The highest BCUT2D eigenvalue weighted by Gasteiger charge is 2.10. The summed E-state index contributed by atoms with van der Waals surface area (Å²) >= 11 is 0. The van der Waals surface area contributed by atoms with Crippen molar-refractivity contribution < 1.29 is 4.79 Å². The average molecular weight is 275 g/mol. The second-order valence-electron chi connectivity index (χ2n) is 4.55. The van der Waals surface area contributed by atoms with Crippen molar-refractivity contribution >= 4 is 18.3 Å². The van der Waals surface area contributed by atoms with E-state index in [2.05, 4.69) is 10.4 Å².